The molecule has 148 valence electrons. The smallest absolute Gasteiger partial charge is 0.322 e. The quantitative estimate of drug-likeness (QED) is 0.520. The van der Waals surface area contributed by atoms with Crippen molar-refractivity contribution in [1.29, 1.82) is 0 Å². The summed E-state index contributed by atoms with van der Waals surface area (Å²) in [5, 5.41) is 13.6. The molecule has 5 nitrogen and oxygen atoms in total. The molecule has 1 aromatic heterocycles. The summed E-state index contributed by atoms with van der Waals surface area (Å²) in [4.78, 5) is 16.4. The third-order valence-corrected chi connectivity index (χ3v) is 5.80. The molecule has 1 heterocycles. The summed E-state index contributed by atoms with van der Waals surface area (Å²) >= 11 is 0. The van der Waals surface area contributed by atoms with E-state index in [4.69, 9.17) is 0 Å². The topological polar surface area (TPSA) is 67.1 Å². The summed E-state index contributed by atoms with van der Waals surface area (Å²) in [7, 11) is 0. The van der Waals surface area contributed by atoms with E-state index < -0.39 is 17.6 Å². The lowest BCUT2D eigenvalue weighted by Crippen LogP contribution is -2.53. The molecule has 0 spiro atoms. The number of hydrogen-bond donors (Lipinski definition) is 2. The Bertz CT molecular complexity index is 1140. The third-order valence-electron chi connectivity index (χ3n) is 5.80. The number of carboxylic acids is 1. The number of rotatable bonds is 6. The predicted molar refractivity (Wildman–Crippen MR) is 115 cm³/mol. The van der Waals surface area contributed by atoms with E-state index in [1.807, 2.05) is 42.5 Å². The molecule has 1 aliphatic rings. The first-order valence-electron chi connectivity index (χ1n) is 9.91. The molecule has 0 unspecified atom stereocenters. The number of aliphatic carboxylic acids is 1. The summed E-state index contributed by atoms with van der Waals surface area (Å²) in [6.07, 6.45) is 5.08. The van der Waals surface area contributed by atoms with Gasteiger partial charge in [-0.1, -0.05) is 78.9 Å². The van der Waals surface area contributed by atoms with Crippen LogP contribution in [0.15, 0.2) is 97.6 Å². The van der Waals surface area contributed by atoms with Gasteiger partial charge in [-0.2, -0.15) is 0 Å². The van der Waals surface area contributed by atoms with Crippen molar-refractivity contribution < 1.29 is 9.90 Å². The van der Waals surface area contributed by atoms with Gasteiger partial charge in [0.25, 0.3) is 0 Å². The summed E-state index contributed by atoms with van der Waals surface area (Å²) in [5.74, 6) is -0.902. The number of nitrogens with one attached hydrogen (secondary N) is 1. The zero-order valence-corrected chi connectivity index (χ0v) is 16.3. The van der Waals surface area contributed by atoms with Crippen LogP contribution in [-0.4, -0.2) is 26.7 Å². The average Bonchev–Trinajstić information content (AvgIpc) is 3.40. The molecule has 30 heavy (non-hydrogen) atoms. The summed E-state index contributed by atoms with van der Waals surface area (Å²) in [5.41, 5.74) is 4.62. The Morgan fingerprint density at radius 2 is 1.53 bits per heavy atom. The Labute approximate surface area is 174 Å². The first kappa shape index (κ1) is 18.3. The number of aromatic nitrogens is 2. The highest BCUT2D eigenvalue weighted by atomic mass is 16.4. The number of carboxylic acid groups (broad SMARTS) is 1. The monoisotopic (exact) mass is 395 g/mol. The summed E-state index contributed by atoms with van der Waals surface area (Å²) in [6.45, 7) is 0.272. The molecule has 0 bridgehead atoms. The third kappa shape index (κ3) is 2.83. The second kappa shape index (κ2) is 7.28. The van der Waals surface area contributed by atoms with E-state index >= 15 is 0 Å². The van der Waals surface area contributed by atoms with Crippen LogP contribution in [0.1, 0.15) is 16.7 Å². The van der Waals surface area contributed by atoms with E-state index in [1.165, 1.54) is 0 Å². The van der Waals surface area contributed by atoms with Gasteiger partial charge in [0, 0.05) is 18.9 Å². The van der Waals surface area contributed by atoms with Crippen LogP contribution in [0.5, 0.6) is 0 Å². The van der Waals surface area contributed by atoms with Crippen LogP contribution in [0.3, 0.4) is 0 Å². The van der Waals surface area contributed by atoms with Gasteiger partial charge in [-0.15, -0.1) is 0 Å². The fraction of sp³-hybridized carbons (Fsp3) is 0.120. The van der Waals surface area contributed by atoms with Crippen molar-refractivity contribution in [3.63, 3.8) is 0 Å². The molecule has 0 radical (unpaired) electrons. The Kier molecular flexibility index (Phi) is 4.45. The molecule has 0 aliphatic heterocycles. The van der Waals surface area contributed by atoms with E-state index in [2.05, 4.69) is 46.7 Å². The number of nitrogens with zero attached hydrogens (tertiary/aromatic N) is 2. The summed E-state index contributed by atoms with van der Waals surface area (Å²) in [6, 6.07) is 25.7. The van der Waals surface area contributed by atoms with Crippen LogP contribution < -0.4 is 5.32 Å². The van der Waals surface area contributed by atoms with E-state index in [9.17, 15) is 9.90 Å². The van der Waals surface area contributed by atoms with Gasteiger partial charge in [-0.05, 0) is 27.8 Å². The molecule has 5 heteroatoms. The largest absolute Gasteiger partial charge is 0.480 e. The Balaban J connectivity index is 1.73. The van der Waals surface area contributed by atoms with Gasteiger partial charge in [-0.25, -0.2) is 4.98 Å². The van der Waals surface area contributed by atoms with Gasteiger partial charge in [0.15, 0.2) is 0 Å². The lowest BCUT2D eigenvalue weighted by atomic mass is 9.80. The van der Waals surface area contributed by atoms with Crippen molar-refractivity contribution in [3.05, 3.63) is 114 Å². The molecule has 5 rings (SSSR count). The first-order valence-corrected chi connectivity index (χ1v) is 9.91. The van der Waals surface area contributed by atoms with E-state index in [-0.39, 0.29) is 6.54 Å². The van der Waals surface area contributed by atoms with Crippen molar-refractivity contribution in [2.24, 2.45) is 0 Å². The molecule has 4 aromatic rings. The number of carbonyl (C=O) groups is 1. The maximum absolute atomic E-state index is 12.3. The standard InChI is InChI=1S/C25H21N3O2/c29-24(30)23(16-28-15-14-26-17-28)27-25(18-8-2-1-3-9-18)21-12-6-4-10-19(21)20-11-5-7-13-22(20)25/h1-15,17,23,27H,16H2,(H,29,30)/t23-/m0/s1. The minimum Gasteiger partial charge on any atom is -0.480 e. The molecule has 0 saturated carbocycles. The molecule has 1 atom stereocenters. The van der Waals surface area contributed by atoms with Crippen molar-refractivity contribution in [2.45, 2.75) is 18.1 Å². The minimum atomic E-state index is -0.902. The Hall–Kier alpha value is -3.70. The number of hydrogen-bond acceptors (Lipinski definition) is 3. The van der Waals surface area contributed by atoms with Crippen LogP contribution in [0.2, 0.25) is 0 Å². The van der Waals surface area contributed by atoms with Gasteiger partial charge in [0.05, 0.1) is 11.9 Å². The van der Waals surface area contributed by atoms with Gasteiger partial charge in [-0.3, -0.25) is 10.1 Å². The molecule has 2 N–H and O–H groups in total. The molecular weight excluding hydrogens is 374 g/mol. The second-order valence-corrected chi connectivity index (χ2v) is 7.50. The predicted octanol–water partition coefficient (Wildman–Crippen LogP) is 3.90. The fourth-order valence-corrected chi connectivity index (χ4v) is 4.53. The van der Waals surface area contributed by atoms with E-state index in [1.54, 1.807) is 23.3 Å². The number of fused-ring (bicyclic) bond motifs is 3. The van der Waals surface area contributed by atoms with Crippen molar-refractivity contribution >= 4 is 5.97 Å². The molecule has 1 aliphatic carbocycles. The highest BCUT2D eigenvalue weighted by molar-refractivity contribution is 5.84. The number of imidazole rings is 1. The van der Waals surface area contributed by atoms with Gasteiger partial charge >= 0.3 is 5.97 Å². The van der Waals surface area contributed by atoms with Crippen molar-refractivity contribution in [3.8, 4) is 11.1 Å². The van der Waals surface area contributed by atoms with Gasteiger partial charge in [0.1, 0.15) is 6.04 Å². The fourth-order valence-electron chi connectivity index (χ4n) is 4.53. The van der Waals surface area contributed by atoms with E-state index in [0.717, 1.165) is 27.8 Å². The molecule has 0 saturated heterocycles. The maximum Gasteiger partial charge on any atom is 0.322 e. The highest BCUT2D eigenvalue weighted by Gasteiger charge is 2.46. The Morgan fingerprint density at radius 3 is 2.10 bits per heavy atom. The molecule has 0 amide bonds. The Morgan fingerprint density at radius 1 is 0.933 bits per heavy atom. The number of benzene rings is 3. The maximum atomic E-state index is 12.3. The van der Waals surface area contributed by atoms with Gasteiger partial charge in [0.2, 0.25) is 0 Å². The minimum absolute atomic E-state index is 0.272. The van der Waals surface area contributed by atoms with Crippen LogP contribution in [0.4, 0.5) is 0 Å². The highest BCUT2D eigenvalue weighted by Crippen LogP contribution is 2.51. The second-order valence-electron chi connectivity index (χ2n) is 7.50. The molecule has 3 aromatic carbocycles. The van der Waals surface area contributed by atoms with Crippen molar-refractivity contribution in [1.82, 2.24) is 14.9 Å². The lowest BCUT2D eigenvalue weighted by molar-refractivity contribution is -0.140. The zero-order valence-electron chi connectivity index (χ0n) is 16.3. The van der Waals surface area contributed by atoms with Crippen LogP contribution in [-0.2, 0) is 16.9 Å². The first-order chi connectivity index (χ1) is 14.7. The SMILES string of the molecule is O=C(O)[C@H](Cn1ccnc1)NC1(c2ccccc2)c2ccccc2-c2ccccc21. The zero-order chi connectivity index (χ0) is 20.6. The normalized spacial score (nSPS) is 14.7. The van der Waals surface area contributed by atoms with E-state index in [0.29, 0.717) is 0 Å². The molecule has 0 fully saturated rings. The van der Waals surface area contributed by atoms with Crippen LogP contribution in [0.25, 0.3) is 11.1 Å². The summed E-state index contributed by atoms with van der Waals surface area (Å²) < 4.78 is 1.79. The van der Waals surface area contributed by atoms with Crippen LogP contribution in [0, 0.1) is 0 Å². The lowest BCUT2D eigenvalue weighted by Gasteiger charge is -2.36. The average molecular weight is 395 g/mol. The van der Waals surface area contributed by atoms with Crippen molar-refractivity contribution in [2.75, 3.05) is 0 Å². The molecular formula is C25H21N3O2. The van der Waals surface area contributed by atoms with Crippen LogP contribution >= 0.6 is 0 Å². The van der Waals surface area contributed by atoms with Gasteiger partial charge < -0.3 is 9.67 Å².